The lowest BCUT2D eigenvalue weighted by Crippen LogP contribution is -2.32. The number of aliphatic hydroxyl groups is 1. The number of aliphatic hydroxyl groups excluding tert-OH is 1. The first-order chi connectivity index (χ1) is 9.49. The van der Waals surface area contributed by atoms with Crippen molar-refractivity contribution in [3.05, 3.63) is 22.7 Å². The molecule has 0 radical (unpaired) electrons. The van der Waals surface area contributed by atoms with E-state index in [-0.39, 0.29) is 6.04 Å². The third-order valence-corrected chi connectivity index (χ3v) is 3.62. The van der Waals surface area contributed by atoms with Crippen LogP contribution in [0.15, 0.2) is 12.1 Å². The molecule has 0 spiro atoms. The predicted octanol–water partition coefficient (Wildman–Crippen LogP) is 1.42. The molecule has 20 heavy (non-hydrogen) atoms. The molecule has 2 unspecified atom stereocenters. The molecule has 1 heterocycles. The van der Waals surface area contributed by atoms with Crippen molar-refractivity contribution in [3.8, 4) is 11.5 Å². The maximum absolute atomic E-state index is 10.4. The molecule has 2 rings (SSSR count). The smallest absolute Gasteiger partial charge is 0.162 e. The summed E-state index contributed by atoms with van der Waals surface area (Å²) in [6, 6.07) is 3.02. The monoisotopic (exact) mass is 300 g/mol. The third kappa shape index (κ3) is 3.55. The van der Waals surface area contributed by atoms with E-state index in [0.29, 0.717) is 41.7 Å². The largest absolute Gasteiger partial charge is 0.486 e. The van der Waals surface area contributed by atoms with Crippen molar-refractivity contribution >= 4 is 11.6 Å². The lowest BCUT2D eigenvalue weighted by Gasteiger charge is -2.24. The van der Waals surface area contributed by atoms with E-state index in [0.717, 1.165) is 6.54 Å². The standard InChI is InChI=1S/C14H21ClN2O3/c1-17(2)4-3-11(16)14(18)9-7-12-13(8-10(9)15)20-6-5-19-12/h7-8,11,14,18H,3-6,16H2,1-2H3. The van der Waals surface area contributed by atoms with Crippen LogP contribution in [0, 0.1) is 0 Å². The third-order valence-electron chi connectivity index (χ3n) is 3.30. The molecule has 1 aromatic carbocycles. The lowest BCUT2D eigenvalue weighted by atomic mass is 9.99. The highest BCUT2D eigenvalue weighted by Gasteiger charge is 2.23. The van der Waals surface area contributed by atoms with Crippen LogP contribution in [0.1, 0.15) is 18.1 Å². The Morgan fingerprint density at radius 3 is 2.50 bits per heavy atom. The van der Waals surface area contributed by atoms with Gasteiger partial charge in [0.05, 0.1) is 11.1 Å². The number of nitrogens with two attached hydrogens (primary N) is 1. The summed E-state index contributed by atoms with van der Waals surface area (Å²) in [7, 11) is 3.94. The summed E-state index contributed by atoms with van der Waals surface area (Å²) in [6.45, 7) is 1.81. The molecule has 0 amide bonds. The molecule has 0 bridgehead atoms. The van der Waals surface area contributed by atoms with Crippen molar-refractivity contribution in [2.45, 2.75) is 18.6 Å². The van der Waals surface area contributed by atoms with Crippen LogP contribution >= 0.6 is 11.6 Å². The Hall–Kier alpha value is -1.01. The predicted molar refractivity (Wildman–Crippen MR) is 78.5 cm³/mol. The molecular formula is C14H21ClN2O3. The van der Waals surface area contributed by atoms with Gasteiger partial charge in [0.2, 0.25) is 0 Å². The first-order valence-corrected chi connectivity index (χ1v) is 7.04. The van der Waals surface area contributed by atoms with Crippen LogP contribution in [-0.4, -0.2) is 49.9 Å². The van der Waals surface area contributed by atoms with Gasteiger partial charge < -0.3 is 25.2 Å². The van der Waals surface area contributed by atoms with Crippen LogP contribution in [0.3, 0.4) is 0 Å². The van der Waals surface area contributed by atoms with Crippen molar-refractivity contribution in [1.82, 2.24) is 4.90 Å². The molecule has 6 heteroatoms. The highest BCUT2D eigenvalue weighted by Crippen LogP contribution is 2.38. The number of hydrogen-bond donors (Lipinski definition) is 2. The second-order valence-electron chi connectivity index (χ2n) is 5.22. The molecule has 0 aliphatic carbocycles. The molecular weight excluding hydrogens is 280 g/mol. The lowest BCUT2D eigenvalue weighted by molar-refractivity contribution is 0.135. The van der Waals surface area contributed by atoms with Gasteiger partial charge in [0.1, 0.15) is 13.2 Å². The van der Waals surface area contributed by atoms with Gasteiger partial charge >= 0.3 is 0 Å². The van der Waals surface area contributed by atoms with Gasteiger partial charge in [-0.15, -0.1) is 0 Å². The number of nitrogens with zero attached hydrogens (tertiary/aromatic N) is 1. The van der Waals surface area contributed by atoms with E-state index < -0.39 is 6.10 Å². The van der Waals surface area contributed by atoms with E-state index in [1.54, 1.807) is 12.1 Å². The molecule has 1 aliphatic heterocycles. The summed E-state index contributed by atoms with van der Waals surface area (Å²) in [5.41, 5.74) is 6.62. The number of hydrogen-bond acceptors (Lipinski definition) is 5. The first kappa shape index (κ1) is 15.4. The number of ether oxygens (including phenoxy) is 2. The van der Waals surface area contributed by atoms with Gasteiger partial charge in [0.25, 0.3) is 0 Å². The summed E-state index contributed by atoms with van der Waals surface area (Å²) in [5.74, 6) is 1.22. The number of rotatable bonds is 5. The number of benzene rings is 1. The van der Waals surface area contributed by atoms with Gasteiger partial charge in [-0.1, -0.05) is 11.6 Å². The molecule has 2 atom stereocenters. The van der Waals surface area contributed by atoms with Gasteiger partial charge in [-0.05, 0) is 33.1 Å². The molecule has 0 fully saturated rings. The average molecular weight is 301 g/mol. The Balaban J connectivity index is 2.14. The second-order valence-corrected chi connectivity index (χ2v) is 5.63. The van der Waals surface area contributed by atoms with E-state index >= 15 is 0 Å². The molecule has 1 aromatic rings. The van der Waals surface area contributed by atoms with Gasteiger partial charge in [0.15, 0.2) is 11.5 Å². The minimum atomic E-state index is -0.821. The Bertz CT molecular complexity index is 468. The van der Waals surface area contributed by atoms with E-state index in [1.807, 2.05) is 19.0 Å². The molecule has 5 nitrogen and oxygen atoms in total. The summed E-state index contributed by atoms with van der Waals surface area (Å²) in [6.07, 6.45) is -0.142. The maximum atomic E-state index is 10.4. The molecule has 112 valence electrons. The fraction of sp³-hybridized carbons (Fsp3) is 0.571. The highest BCUT2D eigenvalue weighted by molar-refractivity contribution is 6.31. The van der Waals surface area contributed by atoms with Crippen LogP contribution in [0.25, 0.3) is 0 Å². The normalized spacial score (nSPS) is 17.1. The van der Waals surface area contributed by atoms with Crippen LogP contribution in [0.2, 0.25) is 5.02 Å². The summed E-state index contributed by atoms with van der Waals surface area (Å²) >= 11 is 6.20. The molecule has 3 N–H and O–H groups in total. The van der Waals surface area contributed by atoms with Crippen molar-refractivity contribution in [2.75, 3.05) is 33.9 Å². The van der Waals surface area contributed by atoms with Gasteiger partial charge in [-0.25, -0.2) is 0 Å². The SMILES string of the molecule is CN(C)CCC(N)C(O)c1cc2c(cc1Cl)OCCO2. The van der Waals surface area contributed by atoms with Crippen LogP contribution in [0.5, 0.6) is 11.5 Å². The highest BCUT2D eigenvalue weighted by atomic mass is 35.5. The zero-order valence-corrected chi connectivity index (χ0v) is 12.6. The minimum Gasteiger partial charge on any atom is -0.486 e. The summed E-state index contributed by atoms with van der Waals surface area (Å²) < 4.78 is 11.0. The molecule has 0 saturated carbocycles. The number of fused-ring (bicyclic) bond motifs is 1. The molecule has 1 aliphatic rings. The number of halogens is 1. The Labute approximate surface area is 124 Å². The van der Waals surface area contributed by atoms with Gasteiger partial charge in [-0.2, -0.15) is 0 Å². The van der Waals surface area contributed by atoms with Crippen molar-refractivity contribution in [1.29, 1.82) is 0 Å². The van der Waals surface area contributed by atoms with E-state index in [2.05, 4.69) is 0 Å². The van der Waals surface area contributed by atoms with E-state index in [4.69, 9.17) is 26.8 Å². The zero-order chi connectivity index (χ0) is 14.7. The zero-order valence-electron chi connectivity index (χ0n) is 11.8. The van der Waals surface area contributed by atoms with Crippen LogP contribution < -0.4 is 15.2 Å². The average Bonchev–Trinajstić information content (AvgIpc) is 2.43. The summed E-state index contributed by atoms with van der Waals surface area (Å²) in [4.78, 5) is 2.03. The molecule has 0 saturated heterocycles. The van der Waals surface area contributed by atoms with Crippen LogP contribution in [0.4, 0.5) is 0 Å². The van der Waals surface area contributed by atoms with Crippen molar-refractivity contribution in [2.24, 2.45) is 5.73 Å². The maximum Gasteiger partial charge on any atom is 0.162 e. The van der Waals surface area contributed by atoms with Crippen LogP contribution in [-0.2, 0) is 0 Å². The Morgan fingerprint density at radius 1 is 1.30 bits per heavy atom. The topological polar surface area (TPSA) is 68.0 Å². The quantitative estimate of drug-likeness (QED) is 0.861. The van der Waals surface area contributed by atoms with Crippen molar-refractivity contribution < 1.29 is 14.6 Å². The fourth-order valence-corrected chi connectivity index (χ4v) is 2.37. The van der Waals surface area contributed by atoms with Crippen molar-refractivity contribution in [3.63, 3.8) is 0 Å². The fourth-order valence-electron chi connectivity index (χ4n) is 2.10. The Kier molecular flexibility index (Phi) is 5.10. The van der Waals surface area contributed by atoms with Gasteiger partial charge in [-0.3, -0.25) is 0 Å². The Morgan fingerprint density at radius 2 is 1.90 bits per heavy atom. The van der Waals surface area contributed by atoms with E-state index in [1.165, 1.54) is 0 Å². The second kappa shape index (κ2) is 6.63. The van der Waals surface area contributed by atoms with Gasteiger partial charge in [0, 0.05) is 17.7 Å². The molecule has 0 aromatic heterocycles. The summed E-state index contributed by atoms with van der Waals surface area (Å²) in [5, 5.41) is 10.8. The first-order valence-electron chi connectivity index (χ1n) is 6.66. The minimum absolute atomic E-state index is 0.377. The van der Waals surface area contributed by atoms with E-state index in [9.17, 15) is 5.11 Å².